The van der Waals surface area contributed by atoms with E-state index < -0.39 is 15.5 Å². The van der Waals surface area contributed by atoms with Gasteiger partial charge in [-0.15, -0.1) is 0 Å². The summed E-state index contributed by atoms with van der Waals surface area (Å²) >= 11 is 0. The molecule has 3 aliphatic heterocycles. The summed E-state index contributed by atoms with van der Waals surface area (Å²) in [5.41, 5.74) is 2.15. The number of pyridine rings is 2. The molecule has 2 saturated heterocycles. The third-order valence-electron chi connectivity index (χ3n) is 7.75. The second kappa shape index (κ2) is 9.20. The fraction of sp³-hybridized carbons (Fsp3) is 0.583. The van der Waals surface area contributed by atoms with Crippen LogP contribution in [0, 0.1) is 5.92 Å². The van der Waals surface area contributed by atoms with Gasteiger partial charge >= 0.3 is 0 Å². The molecule has 0 aromatic carbocycles. The van der Waals surface area contributed by atoms with Crippen LogP contribution in [0.5, 0.6) is 5.75 Å². The van der Waals surface area contributed by atoms with Gasteiger partial charge in [-0.25, -0.2) is 8.42 Å². The lowest BCUT2D eigenvalue weighted by molar-refractivity contribution is 0.112. The van der Waals surface area contributed by atoms with Crippen molar-refractivity contribution in [3.8, 4) is 5.75 Å². The second-order valence-corrected chi connectivity index (χ2v) is 12.2. The lowest BCUT2D eigenvalue weighted by Crippen LogP contribution is -2.48. The molecule has 0 spiro atoms. The number of aromatic hydroxyl groups is 1. The number of fused-ring (bicyclic) bond motifs is 4. The van der Waals surface area contributed by atoms with Crippen molar-refractivity contribution >= 4 is 10.0 Å². The molecule has 5 heterocycles. The maximum absolute atomic E-state index is 12.7. The zero-order chi connectivity index (χ0) is 24.9. The fourth-order valence-corrected chi connectivity index (χ4v) is 6.74. The topological polar surface area (TPSA) is 108 Å². The minimum Gasteiger partial charge on any atom is -0.503 e. The first-order chi connectivity index (χ1) is 16.6. The summed E-state index contributed by atoms with van der Waals surface area (Å²) in [5, 5.41) is 10.6. The molecule has 1 N–H and O–H groups in total. The lowest BCUT2D eigenvalue weighted by atomic mass is 9.83. The van der Waals surface area contributed by atoms with Crippen molar-refractivity contribution < 1.29 is 13.5 Å². The summed E-state index contributed by atoms with van der Waals surface area (Å²) < 4.78 is 28.9. The predicted molar refractivity (Wildman–Crippen MR) is 132 cm³/mol. The van der Waals surface area contributed by atoms with Crippen molar-refractivity contribution in [3.05, 3.63) is 61.9 Å². The van der Waals surface area contributed by atoms with Gasteiger partial charge in [0.1, 0.15) is 0 Å². The van der Waals surface area contributed by atoms with E-state index in [1.54, 1.807) is 6.07 Å². The molecule has 2 bridgehead atoms. The van der Waals surface area contributed by atoms with E-state index in [1.807, 2.05) is 28.3 Å². The smallest absolute Gasteiger partial charge is 0.250 e. The Morgan fingerprint density at radius 1 is 1.00 bits per heavy atom. The van der Waals surface area contributed by atoms with E-state index in [0.29, 0.717) is 50.9 Å². The highest BCUT2D eigenvalue weighted by Crippen LogP contribution is 2.35. The van der Waals surface area contributed by atoms with Crippen molar-refractivity contribution in [2.75, 3.05) is 45.5 Å². The molecule has 0 saturated carbocycles. The second-order valence-electron chi connectivity index (χ2n) is 10.2. The molecule has 10 nitrogen and oxygen atoms in total. The van der Waals surface area contributed by atoms with Gasteiger partial charge in [-0.3, -0.25) is 19.4 Å². The first kappa shape index (κ1) is 24.2. The highest BCUT2D eigenvalue weighted by atomic mass is 32.2. The summed E-state index contributed by atoms with van der Waals surface area (Å²) in [4.78, 5) is 29.4. The summed E-state index contributed by atoms with van der Waals surface area (Å²) in [5.74, 6) is 0.433. The summed E-state index contributed by atoms with van der Waals surface area (Å²) in [6, 6.07) is 7.02. The molecule has 190 valence electrons. The number of rotatable bonds is 5. The third-order valence-corrected chi connectivity index (χ3v) is 9.06. The molecule has 3 aliphatic rings. The molecule has 0 amide bonds. The zero-order valence-electron chi connectivity index (χ0n) is 20.3. The van der Waals surface area contributed by atoms with E-state index in [-0.39, 0.29) is 17.2 Å². The van der Waals surface area contributed by atoms with Crippen molar-refractivity contribution in [2.24, 2.45) is 13.0 Å². The van der Waals surface area contributed by atoms with Crippen molar-refractivity contribution in [2.45, 2.75) is 32.0 Å². The molecule has 0 radical (unpaired) electrons. The normalized spacial score (nSPS) is 23.8. The average molecular weight is 504 g/mol. The van der Waals surface area contributed by atoms with Gasteiger partial charge < -0.3 is 14.2 Å². The molecule has 5 rings (SSSR count). The van der Waals surface area contributed by atoms with Crippen molar-refractivity contribution in [1.29, 1.82) is 0 Å². The molecule has 0 unspecified atom stereocenters. The number of likely N-dealkylation sites (tertiary alicyclic amines) is 1. The summed E-state index contributed by atoms with van der Waals surface area (Å²) in [6.45, 7) is 5.24. The van der Waals surface area contributed by atoms with E-state index in [0.717, 1.165) is 37.4 Å². The van der Waals surface area contributed by atoms with E-state index in [1.165, 1.54) is 16.6 Å². The molecule has 0 aliphatic carbocycles. The lowest BCUT2D eigenvalue weighted by Gasteiger charge is -2.43. The van der Waals surface area contributed by atoms with E-state index in [2.05, 4.69) is 9.80 Å². The fourth-order valence-electron chi connectivity index (χ4n) is 5.91. The Labute approximate surface area is 205 Å². The first-order valence-corrected chi connectivity index (χ1v) is 14.0. The Hall–Kier alpha value is -2.47. The van der Waals surface area contributed by atoms with Gasteiger partial charge in [0, 0.05) is 95.4 Å². The standard InChI is InChI=1S/C24H33N5O5S/c1-25-19(15-27-12-17-10-18(14-27)20-4-3-5-23(31)29(20)13-17)11-22(30)24(32)21(25)16-26-6-8-28(9-7-26)35(2,33)34/h3-5,11,17-18,32H,6-10,12-16H2,1-2H3/t17-,18+/m0/s1. The average Bonchev–Trinajstić information content (AvgIpc) is 2.81. The summed E-state index contributed by atoms with van der Waals surface area (Å²) in [7, 11) is -1.35. The highest BCUT2D eigenvalue weighted by Gasteiger charge is 2.35. The van der Waals surface area contributed by atoms with Crippen LogP contribution in [0.3, 0.4) is 0 Å². The Morgan fingerprint density at radius 2 is 1.74 bits per heavy atom. The molecule has 2 fully saturated rings. The number of hydrogen-bond donors (Lipinski definition) is 1. The first-order valence-electron chi connectivity index (χ1n) is 12.1. The molecule has 2 aromatic heterocycles. The predicted octanol–water partition coefficient (Wildman–Crippen LogP) is -0.0509. The largest absolute Gasteiger partial charge is 0.503 e. The Morgan fingerprint density at radius 3 is 2.46 bits per heavy atom. The quantitative estimate of drug-likeness (QED) is 0.610. The van der Waals surface area contributed by atoms with Gasteiger partial charge in [0.15, 0.2) is 5.75 Å². The van der Waals surface area contributed by atoms with Crippen LogP contribution in [-0.4, -0.2) is 82.3 Å². The van der Waals surface area contributed by atoms with Crippen molar-refractivity contribution in [1.82, 2.24) is 23.2 Å². The minimum atomic E-state index is -3.22. The van der Waals surface area contributed by atoms with Crippen molar-refractivity contribution in [3.63, 3.8) is 0 Å². The number of piperazine rings is 1. The Bertz CT molecular complexity index is 1340. The van der Waals surface area contributed by atoms with Crippen LogP contribution in [0.15, 0.2) is 33.9 Å². The highest BCUT2D eigenvalue weighted by molar-refractivity contribution is 7.88. The van der Waals surface area contributed by atoms with Gasteiger partial charge in [0.05, 0.1) is 11.9 Å². The monoisotopic (exact) mass is 503 g/mol. The number of sulfonamides is 1. The Kier molecular flexibility index (Phi) is 6.37. The van der Waals surface area contributed by atoms with Crippen LogP contribution in [0.4, 0.5) is 0 Å². The van der Waals surface area contributed by atoms with Gasteiger partial charge in [-0.05, 0) is 18.4 Å². The molecule has 2 aromatic rings. The van der Waals surface area contributed by atoms with Crippen LogP contribution in [0.25, 0.3) is 0 Å². The van der Waals surface area contributed by atoms with Gasteiger partial charge in [0.2, 0.25) is 15.5 Å². The van der Waals surface area contributed by atoms with Crippen LogP contribution in [0.1, 0.15) is 29.4 Å². The molecule has 11 heteroatoms. The molecular weight excluding hydrogens is 470 g/mol. The van der Waals surface area contributed by atoms with E-state index in [9.17, 15) is 23.1 Å². The van der Waals surface area contributed by atoms with Crippen LogP contribution in [0.2, 0.25) is 0 Å². The van der Waals surface area contributed by atoms with Crippen LogP contribution < -0.4 is 11.0 Å². The Balaban J connectivity index is 1.33. The SMILES string of the molecule is Cn1c(CN2C[C@@H]3C[C@H](C2)c2cccc(=O)n2C3)cc(=O)c(O)c1CN1CCN(S(C)(=O)=O)CC1. The molecular formula is C24H33N5O5S. The minimum absolute atomic E-state index is 0.0635. The van der Waals surface area contributed by atoms with E-state index in [4.69, 9.17) is 0 Å². The molecule has 35 heavy (non-hydrogen) atoms. The number of hydrogen-bond acceptors (Lipinski definition) is 7. The van der Waals surface area contributed by atoms with Gasteiger partial charge in [0.25, 0.3) is 5.56 Å². The number of aromatic nitrogens is 2. The maximum atomic E-state index is 12.7. The van der Waals surface area contributed by atoms with Gasteiger partial charge in [-0.1, -0.05) is 6.07 Å². The maximum Gasteiger partial charge on any atom is 0.250 e. The number of nitrogens with zero attached hydrogens (tertiary/aromatic N) is 5. The summed E-state index contributed by atoms with van der Waals surface area (Å²) in [6.07, 6.45) is 2.28. The third kappa shape index (κ3) is 4.82. The zero-order valence-corrected chi connectivity index (χ0v) is 21.1. The molecule has 2 atom stereocenters. The van der Waals surface area contributed by atoms with Crippen LogP contribution >= 0.6 is 0 Å². The van der Waals surface area contributed by atoms with Gasteiger partial charge in [-0.2, -0.15) is 4.31 Å². The van der Waals surface area contributed by atoms with E-state index >= 15 is 0 Å². The number of piperidine rings is 1. The van der Waals surface area contributed by atoms with Crippen LogP contribution in [-0.2, 0) is 36.7 Å².